The number of aliphatic carboxylic acids is 1. The number of carboxylic acids is 1. The zero-order valence-electron chi connectivity index (χ0n) is 19.5. The van der Waals surface area contributed by atoms with Crippen molar-refractivity contribution in [3.8, 4) is 11.1 Å². The number of hydrogen-bond donors (Lipinski definition) is 2. The normalized spacial score (nSPS) is 13.2. The first-order chi connectivity index (χ1) is 16.4. The molecule has 0 aromatic heterocycles. The van der Waals surface area contributed by atoms with Crippen LogP contribution in [0.3, 0.4) is 0 Å². The minimum Gasteiger partial charge on any atom is -0.481 e. The summed E-state index contributed by atoms with van der Waals surface area (Å²) >= 11 is 0. The van der Waals surface area contributed by atoms with Crippen molar-refractivity contribution in [2.24, 2.45) is 0 Å². The number of carboxylic acid groups (broad SMARTS) is 1. The molecule has 1 aliphatic rings. The SMILES string of the molecule is COCC(COC)N(C)C(=O)C(CC(=O)O)NC(=O)OCC1c2ccccc2-c2ccccc21. The van der Waals surface area contributed by atoms with E-state index >= 15 is 0 Å². The van der Waals surface area contributed by atoms with Crippen molar-refractivity contribution in [2.75, 3.05) is 41.1 Å². The van der Waals surface area contributed by atoms with Gasteiger partial charge in [0.05, 0.1) is 25.7 Å². The molecule has 0 spiro atoms. The summed E-state index contributed by atoms with van der Waals surface area (Å²) in [4.78, 5) is 38.3. The molecule has 0 fully saturated rings. The maximum atomic E-state index is 13.0. The highest BCUT2D eigenvalue weighted by Gasteiger charge is 2.32. The van der Waals surface area contributed by atoms with E-state index < -0.39 is 36.5 Å². The van der Waals surface area contributed by atoms with Gasteiger partial charge in [0.1, 0.15) is 12.6 Å². The monoisotopic (exact) mass is 470 g/mol. The van der Waals surface area contributed by atoms with Crippen molar-refractivity contribution in [1.82, 2.24) is 10.2 Å². The smallest absolute Gasteiger partial charge is 0.407 e. The van der Waals surface area contributed by atoms with Gasteiger partial charge >= 0.3 is 12.1 Å². The van der Waals surface area contributed by atoms with Gasteiger partial charge in [-0.25, -0.2) is 4.79 Å². The van der Waals surface area contributed by atoms with Gasteiger partial charge in [0.25, 0.3) is 0 Å². The second kappa shape index (κ2) is 11.6. The molecule has 3 rings (SSSR count). The number of amides is 2. The molecule has 9 nitrogen and oxygen atoms in total. The molecule has 1 unspecified atom stereocenters. The third-order valence-electron chi connectivity index (χ3n) is 5.93. The van der Waals surface area contributed by atoms with E-state index in [1.165, 1.54) is 26.2 Å². The van der Waals surface area contributed by atoms with E-state index in [-0.39, 0.29) is 25.7 Å². The molecule has 0 aliphatic heterocycles. The van der Waals surface area contributed by atoms with Crippen LogP contribution in [-0.2, 0) is 23.8 Å². The number of likely N-dealkylation sites (N-methyl/N-ethyl adjacent to an activating group) is 1. The highest BCUT2D eigenvalue weighted by molar-refractivity contribution is 5.89. The lowest BCUT2D eigenvalue weighted by atomic mass is 9.98. The molecule has 1 atom stereocenters. The Bertz CT molecular complexity index is 974. The standard InChI is InChI=1S/C25H30N2O7/c1-27(16(13-32-2)14-33-3)24(30)22(12-23(28)29)26-25(31)34-15-21-19-10-6-4-8-17(19)18-9-5-7-11-20(18)21/h4-11,16,21-22H,12-15H2,1-3H3,(H,26,31)(H,28,29). The number of fused-ring (bicyclic) bond motifs is 3. The molecule has 2 aromatic rings. The van der Waals surface area contributed by atoms with E-state index in [1.807, 2.05) is 48.5 Å². The topological polar surface area (TPSA) is 114 Å². The zero-order valence-corrected chi connectivity index (χ0v) is 19.5. The van der Waals surface area contributed by atoms with Crippen LogP contribution in [0.5, 0.6) is 0 Å². The number of carbonyl (C=O) groups excluding carboxylic acids is 2. The number of nitrogens with zero attached hydrogens (tertiary/aromatic N) is 1. The van der Waals surface area contributed by atoms with Crippen LogP contribution < -0.4 is 5.32 Å². The molecule has 0 saturated carbocycles. The van der Waals surface area contributed by atoms with Crippen molar-refractivity contribution in [3.05, 3.63) is 59.7 Å². The van der Waals surface area contributed by atoms with Gasteiger partial charge in [-0.3, -0.25) is 9.59 Å². The number of rotatable bonds is 11. The van der Waals surface area contributed by atoms with Crippen molar-refractivity contribution in [3.63, 3.8) is 0 Å². The fourth-order valence-electron chi connectivity index (χ4n) is 4.24. The van der Waals surface area contributed by atoms with Crippen LogP contribution in [0.2, 0.25) is 0 Å². The summed E-state index contributed by atoms with van der Waals surface area (Å²) in [6.45, 7) is 0.446. The number of hydrogen-bond acceptors (Lipinski definition) is 6. The number of methoxy groups -OCH3 is 2. The van der Waals surface area contributed by atoms with Crippen LogP contribution in [0.1, 0.15) is 23.5 Å². The van der Waals surface area contributed by atoms with E-state index in [0.29, 0.717) is 0 Å². The van der Waals surface area contributed by atoms with Crippen LogP contribution in [0.25, 0.3) is 11.1 Å². The Morgan fingerprint density at radius 3 is 2.00 bits per heavy atom. The average molecular weight is 471 g/mol. The van der Waals surface area contributed by atoms with Crippen LogP contribution in [-0.4, -0.2) is 81.1 Å². The first-order valence-electron chi connectivity index (χ1n) is 10.9. The Morgan fingerprint density at radius 2 is 1.50 bits per heavy atom. The summed E-state index contributed by atoms with van der Waals surface area (Å²) in [6.07, 6.45) is -1.44. The average Bonchev–Trinajstić information content (AvgIpc) is 3.14. The largest absolute Gasteiger partial charge is 0.481 e. The molecule has 0 radical (unpaired) electrons. The Labute approximate surface area is 198 Å². The molecule has 0 bridgehead atoms. The van der Waals surface area contributed by atoms with E-state index in [0.717, 1.165) is 22.3 Å². The van der Waals surface area contributed by atoms with Crippen molar-refractivity contribution in [2.45, 2.75) is 24.4 Å². The predicted molar refractivity (Wildman–Crippen MR) is 125 cm³/mol. The molecule has 34 heavy (non-hydrogen) atoms. The molecule has 182 valence electrons. The van der Waals surface area contributed by atoms with Gasteiger partial charge < -0.3 is 29.5 Å². The van der Waals surface area contributed by atoms with Crippen molar-refractivity contribution >= 4 is 18.0 Å². The van der Waals surface area contributed by atoms with Crippen molar-refractivity contribution in [1.29, 1.82) is 0 Å². The molecule has 1 aliphatic carbocycles. The highest BCUT2D eigenvalue weighted by Crippen LogP contribution is 2.44. The minimum absolute atomic E-state index is 0.0552. The fourth-order valence-corrected chi connectivity index (χ4v) is 4.24. The van der Waals surface area contributed by atoms with E-state index in [2.05, 4.69) is 5.32 Å². The fraction of sp³-hybridized carbons (Fsp3) is 0.400. The number of benzene rings is 2. The maximum Gasteiger partial charge on any atom is 0.407 e. The van der Waals surface area contributed by atoms with Gasteiger partial charge in [-0.1, -0.05) is 48.5 Å². The van der Waals surface area contributed by atoms with Crippen LogP contribution >= 0.6 is 0 Å². The lowest BCUT2D eigenvalue weighted by Crippen LogP contribution is -2.53. The zero-order chi connectivity index (χ0) is 24.7. The second-order valence-electron chi connectivity index (χ2n) is 8.13. The molecule has 2 amide bonds. The summed E-state index contributed by atoms with van der Waals surface area (Å²) < 4.78 is 15.7. The number of carbonyl (C=O) groups is 3. The predicted octanol–water partition coefficient (Wildman–Crippen LogP) is 2.49. The quantitative estimate of drug-likeness (QED) is 0.519. The van der Waals surface area contributed by atoms with Gasteiger partial charge in [-0.05, 0) is 22.3 Å². The Balaban J connectivity index is 1.69. The minimum atomic E-state index is -1.30. The summed E-state index contributed by atoms with van der Waals surface area (Å²) in [7, 11) is 4.49. The number of nitrogens with one attached hydrogen (secondary N) is 1. The Morgan fingerprint density at radius 1 is 0.971 bits per heavy atom. The van der Waals surface area contributed by atoms with Gasteiger partial charge in [0.15, 0.2) is 0 Å². The summed E-state index contributed by atoms with van der Waals surface area (Å²) in [5, 5.41) is 11.7. The van der Waals surface area contributed by atoms with Crippen LogP contribution in [0.4, 0.5) is 4.79 Å². The van der Waals surface area contributed by atoms with Gasteiger partial charge in [-0.2, -0.15) is 0 Å². The Hall–Kier alpha value is -3.43. The summed E-state index contributed by atoms with van der Waals surface area (Å²) in [5.74, 6) is -1.95. The van der Waals surface area contributed by atoms with E-state index in [9.17, 15) is 19.5 Å². The third kappa shape index (κ3) is 5.73. The summed E-state index contributed by atoms with van der Waals surface area (Å²) in [6, 6.07) is 14.1. The maximum absolute atomic E-state index is 13.0. The first-order valence-corrected chi connectivity index (χ1v) is 10.9. The molecule has 2 aromatic carbocycles. The molecular formula is C25H30N2O7. The summed E-state index contributed by atoms with van der Waals surface area (Å²) in [5.41, 5.74) is 4.29. The lowest BCUT2D eigenvalue weighted by molar-refractivity contribution is -0.143. The molecule has 0 heterocycles. The van der Waals surface area contributed by atoms with E-state index in [4.69, 9.17) is 14.2 Å². The molecule has 0 saturated heterocycles. The number of ether oxygens (including phenoxy) is 3. The van der Waals surface area contributed by atoms with Gasteiger partial charge in [-0.15, -0.1) is 0 Å². The third-order valence-corrected chi connectivity index (χ3v) is 5.93. The van der Waals surface area contributed by atoms with Crippen molar-refractivity contribution < 1.29 is 33.7 Å². The van der Waals surface area contributed by atoms with Gasteiger partial charge in [0, 0.05) is 27.2 Å². The lowest BCUT2D eigenvalue weighted by Gasteiger charge is -2.30. The van der Waals surface area contributed by atoms with Gasteiger partial charge in [0.2, 0.25) is 5.91 Å². The first kappa shape index (κ1) is 25.2. The molecule has 2 N–H and O–H groups in total. The molecular weight excluding hydrogens is 440 g/mol. The highest BCUT2D eigenvalue weighted by atomic mass is 16.5. The Kier molecular flexibility index (Phi) is 8.61. The van der Waals surface area contributed by atoms with Crippen LogP contribution in [0.15, 0.2) is 48.5 Å². The number of alkyl carbamates (subject to hydrolysis) is 1. The second-order valence-corrected chi connectivity index (χ2v) is 8.13. The van der Waals surface area contributed by atoms with Crippen LogP contribution in [0, 0.1) is 0 Å². The molecule has 9 heteroatoms. The van der Waals surface area contributed by atoms with E-state index in [1.54, 1.807) is 0 Å².